The number of nitrogen functional groups attached to an aromatic ring is 1. The molecule has 12 heavy (non-hydrogen) atoms. The summed E-state index contributed by atoms with van der Waals surface area (Å²) in [4.78, 5) is 0. The van der Waals surface area contributed by atoms with Gasteiger partial charge in [0.15, 0.2) is 0 Å². The van der Waals surface area contributed by atoms with Crippen LogP contribution in [0.1, 0.15) is 6.92 Å². The van der Waals surface area contributed by atoms with Crippen LogP contribution in [0.4, 0.5) is 10.3 Å². The molecule has 1 heterocycles. The Morgan fingerprint density at radius 2 is 2.25 bits per heavy atom. The number of nitrogens with one attached hydrogen (secondary N) is 1. The third-order valence-corrected chi connectivity index (χ3v) is 3.12. The summed E-state index contributed by atoms with van der Waals surface area (Å²) in [7, 11) is -3.26. The van der Waals surface area contributed by atoms with Crippen molar-refractivity contribution in [2.75, 3.05) is 16.2 Å². The molecule has 0 saturated heterocycles. The maximum atomic E-state index is 11.0. The molecule has 8 heteroatoms. The van der Waals surface area contributed by atoms with Gasteiger partial charge in [-0.05, 0) is 6.92 Å². The van der Waals surface area contributed by atoms with Crippen LogP contribution in [0.15, 0.2) is 0 Å². The number of rotatable bonds is 3. The van der Waals surface area contributed by atoms with Crippen LogP contribution in [0.2, 0.25) is 0 Å². The van der Waals surface area contributed by atoms with Crippen LogP contribution in [-0.2, 0) is 10.0 Å². The van der Waals surface area contributed by atoms with Gasteiger partial charge in [0.1, 0.15) is 0 Å². The van der Waals surface area contributed by atoms with Crippen molar-refractivity contribution in [2.45, 2.75) is 6.92 Å². The first-order valence-electron chi connectivity index (χ1n) is 3.13. The minimum absolute atomic E-state index is 0.00643. The van der Waals surface area contributed by atoms with Crippen LogP contribution in [0.5, 0.6) is 0 Å². The van der Waals surface area contributed by atoms with Gasteiger partial charge in [0.05, 0.1) is 5.75 Å². The van der Waals surface area contributed by atoms with Crippen molar-refractivity contribution in [2.24, 2.45) is 0 Å². The smallest absolute Gasteiger partial charge is 0.234 e. The molecule has 0 bridgehead atoms. The molecule has 0 aliphatic rings. The SMILES string of the molecule is CCS(=O)(=O)Nc1nnc(N)s1. The average Bonchev–Trinajstić information content (AvgIpc) is 2.35. The fourth-order valence-electron chi connectivity index (χ4n) is 0.481. The molecule has 0 atom stereocenters. The zero-order chi connectivity index (χ0) is 9.19. The predicted octanol–water partition coefficient (Wildman–Crippen LogP) is -0.118. The van der Waals surface area contributed by atoms with Crippen LogP contribution >= 0.6 is 11.3 Å². The number of anilines is 2. The van der Waals surface area contributed by atoms with E-state index in [0.29, 0.717) is 0 Å². The number of aromatic nitrogens is 2. The third kappa shape index (κ3) is 2.31. The van der Waals surface area contributed by atoms with Gasteiger partial charge in [-0.3, -0.25) is 4.72 Å². The van der Waals surface area contributed by atoms with Gasteiger partial charge in [-0.15, -0.1) is 10.2 Å². The molecular formula is C4H8N4O2S2. The number of hydrogen-bond acceptors (Lipinski definition) is 6. The van der Waals surface area contributed by atoms with Gasteiger partial charge in [-0.25, -0.2) is 8.42 Å². The Labute approximate surface area is 73.9 Å². The van der Waals surface area contributed by atoms with E-state index in [1.54, 1.807) is 0 Å². The van der Waals surface area contributed by atoms with Crippen molar-refractivity contribution in [3.8, 4) is 0 Å². The first-order chi connectivity index (χ1) is 5.53. The summed E-state index contributed by atoms with van der Waals surface area (Å²) in [5.74, 6) is 0.00643. The van der Waals surface area contributed by atoms with Gasteiger partial charge >= 0.3 is 0 Å². The summed E-state index contributed by atoms with van der Waals surface area (Å²) in [5, 5.41) is 7.40. The van der Waals surface area contributed by atoms with Crippen molar-refractivity contribution in [1.29, 1.82) is 0 Å². The molecule has 0 spiro atoms. The van der Waals surface area contributed by atoms with Gasteiger partial charge < -0.3 is 5.73 Å². The molecular weight excluding hydrogens is 200 g/mol. The maximum absolute atomic E-state index is 11.0. The zero-order valence-electron chi connectivity index (χ0n) is 6.31. The van der Waals surface area contributed by atoms with Crippen molar-refractivity contribution in [3.63, 3.8) is 0 Å². The van der Waals surface area contributed by atoms with Gasteiger partial charge in [-0.2, -0.15) is 0 Å². The van der Waals surface area contributed by atoms with E-state index in [9.17, 15) is 8.42 Å². The Hall–Kier alpha value is -0.890. The monoisotopic (exact) mass is 208 g/mol. The molecule has 3 N–H and O–H groups in total. The molecule has 6 nitrogen and oxygen atoms in total. The molecule has 0 aromatic carbocycles. The minimum atomic E-state index is -3.26. The molecule has 0 unspecified atom stereocenters. The molecule has 1 rings (SSSR count). The molecule has 1 aromatic rings. The van der Waals surface area contributed by atoms with E-state index in [0.717, 1.165) is 11.3 Å². The van der Waals surface area contributed by atoms with Crippen LogP contribution in [0.3, 0.4) is 0 Å². The summed E-state index contributed by atoms with van der Waals surface area (Å²) in [5.41, 5.74) is 5.25. The van der Waals surface area contributed by atoms with E-state index in [1.165, 1.54) is 6.92 Å². The van der Waals surface area contributed by atoms with Crippen molar-refractivity contribution in [3.05, 3.63) is 0 Å². The molecule has 0 aliphatic carbocycles. The van der Waals surface area contributed by atoms with Crippen molar-refractivity contribution < 1.29 is 8.42 Å². The van der Waals surface area contributed by atoms with Gasteiger partial charge in [0.25, 0.3) is 0 Å². The van der Waals surface area contributed by atoms with Crippen LogP contribution in [0.25, 0.3) is 0 Å². The molecule has 1 aromatic heterocycles. The number of hydrogen-bond donors (Lipinski definition) is 2. The summed E-state index contributed by atoms with van der Waals surface area (Å²) < 4.78 is 24.2. The fraction of sp³-hybridized carbons (Fsp3) is 0.500. The van der Waals surface area contributed by atoms with Crippen LogP contribution in [0, 0.1) is 0 Å². The van der Waals surface area contributed by atoms with Gasteiger partial charge in [0, 0.05) is 0 Å². The summed E-state index contributed by atoms with van der Waals surface area (Å²) in [6, 6.07) is 0. The van der Waals surface area contributed by atoms with E-state index >= 15 is 0 Å². The second-order valence-corrected chi connectivity index (χ2v) is 4.97. The van der Waals surface area contributed by atoms with Gasteiger partial charge in [0.2, 0.25) is 20.3 Å². The Balaban J connectivity index is 2.77. The predicted molar refractivity (Wildman–Crippen MR) is 47.4 cm³/mol. The van der Waals surface area contributed by atoms with Crippen molar-refractivity contribution in [1.82, 2.24) is 10.2 Å². The lowest BCUT2D eigenvalue weighted by molar-refractivity contribution is 0.602. The van der Waals surface area contributed by atoms with E-state index in [2.05, 4.69) is 14.9 Å². The third-order valence-electron chi connectivity index (χ3n) is 1.06. The lowest BCUT2D eigenvalue weighted by atomic mass is 11.0. The Morgan fingerprint density at radius 3 is 2.67 bits per heavy atom. The molecule has 0 amide bonds. The largest absolute Gasteiger partial charge is 0.374 e. The van der Waals surface area contributed by atoms with E-state index < -0.39 is 10.0 Å². The van der Waals surface area contributed by atoms with E-state index in [-0.39, 0.29) is 16.0 Å². The topological polar surface area (TPSA) is 98.0 Å². The first kappa shape index (κ1) is 9.20. The van der Waals surface area contributed by atoms with E-state index in [1.807, 2.05) is 0 Å². The standard InChI is InChI=1S/C4H8N4O2S2/c1-2-12(9,10)8-4-7-6-3(5)11-4/h2H2,1H3,(H2,5,6)(H,7,8). The lowest BCUT2D eigenvalue weighted by Crippen LogP contribution is -2.14. The average molecular weight is 208 g/mol. The highest BCUT2D eigenvalue weighted by atomic mass is 32.2. The Kier molecular flexibility index (Phi) is 2.48. The Bertz CT molecular complexity index is 357. The van der Waals surface area contributed by atoms with Gasteiger partial charge in [-0.1, -0.05) is 11.3 Å². The van der Waals surface area contributed by atoms with E-state index in [4.69, 9.17) is 5.73 Å². The summed E-state index contributed by atoms with van der Waals surface area (Å²) in [6.45, 7) is 1.53. The normalized spacial score (nSPS) is 11.4. The molecule has 0 saturated carbocycles. The molecule has 0 fully saturated rings. The molecule has 0 radical (unpaired) electrons. The number of nitrogens with two attached hydrogens (primary N) is 1. The zero-order valence-corrected chi connectivity index (χ0v) is 7.94. The summed E-state index contributed by atoms with van der Waals surface area (Å²) >= 11 is 0.995. The number of nitrogens with zero attached hydrogens (tertiary/aromatic N) is 2. The quantitative estimate of drug-likeness (QED) is 0.721. The second kappa shape index (κ2) is 3.23. The molecule has 0 aliphatic heterocycles. The first-order valence-corrected chi connectivity index (χ1v) is 5.60. The minimum Gasteiger partial charge on any atom is -0.374 e. The highest BCUT2D eigenvalue weighted by molar-refractivity contribution is 7.92. The highest BCUT2D eigenvalue weighted by Crippen LogP contribution is 2.17. The highest BCUT2D eigenvalue weighted by Gasteiger charge is 2.09. The number of sulfonamides is 1. The second-order valence-electron chi connectivity index (χ2n) is 1.95. The Morgan fingerprint density at radius 1 is 1.58 bits per heavy atom. The van der Waals surface area contributed by atoms with Crippen LogP contribution in [-0.4, -0.2) is 24.4 Å². The lowest BCUT2D eigenvalue weighted by Gasteiger charge is -1.98. The summed E-state index contributed by atoms with van der Waals surface area (Å²) in [6.07, 6.45) is 0. The van der Waals surface area contributed by atoms with Crippen LogP contribution < -0.4 is 10.5 Å². The molecule has 68 valence electrons. The maximum Gasteiger partial charge on any atom is 0.234 e. The fourth-order valence-corrected chi connectivity index (χ4v) is 1.84. The van der Waals surface area contributed by atoms with Crippen molar-refractivity contribution >= 4 is 31.6 Å².